The van der Waals surface area contributed by atoms with Crippen molar-refractivity contribution in [2.45, 2.75) is 0 Å². The van der Waals surface area contributed by atoms with Gasteiger partial charge in [0.15, 0.2) is 5.92 Å². The Morgan fingerprint density at radius 1 is 0.769 bits per heavy atom. The summed E-state index contributed by atoms with van der Waals surface area (Å²) in [6, 6.07) is 16.4. The van der Waals surface area contributed by atoms with E-state index >= 15 is 0 Å². The van der Waals surface area contributed by atoms with Crippen LogP contribution in [0.2, 0.25) is 0 Å². The van der Waals surface area contributed by atoms with E-state index in [1.807, 2.05) is 53.1 Å². The minimum atomic E-state index is -1.61. The number of nitrogens with one attached hydrogen (secondary N) is 3. The molecule has 5 amide bonds. The summed E-state index contributed by atoms with van der Waals surface area (Å²) in [5, 5.41) is 10.4. The summed E-state index contributed by atoms with van der Waals surface area (Å²) in [6.45, 7) is 0. The van der Waals surface area contributed by atoms with Crippen LogP contribution in [0, 0.1) is 5.92 Å². The minimum Gasteiger partial charge on any atom is -0.325 e. The van der Waals surface area contributed by atoms with Crippen molar-refractivity contribution < 1.29 is 19.2 Å². The number of fused-ring (bicyclic) bond motifs is 2. The molecule has 0 aliphatic carbocycles. The highest BCUT2D eigenvalue weighted by molar-refractivity contribution is 6.28. The normalized spacial score (nSPS) is 15.0. The SMILES string of the molecule is O=C1NC(=O)C(C(=O)Nc2ccc3cc4ccccc4cc3c2)C(=O)N1. The molecule has 3 aromatic carbocycles. The number of carbonyl (C=O) groups is 4. The fraction of sp³-hybridized carbons (Fsp3) is 0.0526. The number of amides is 5. The van der Waals surface area contributed by atoms with Crippen molar-refractivity contribution >= 4 is 51.0 Å². The van der Waals surface area contributed by atoms with Gasteiger partial charge in [-0.3, -0.25) is 25.0 Å². The zero-order valence-corrected chi connectivity index (χ0v) is 13.4. The molecule has 0 atom stereocenters. The zero-order chi connectivity index (χ0) is 18.3. The lowest BCUT2D eigenvalue weighted by Crippen LogP contribution is -2.58. The Labute approximate surface area is 147 Å². The van der Waals surface area contributed by atoms with Gasteiger partial charge in [0, 0.05) is 5.69 Å². The molecule has 4 rings (SSSR count). The van der Waals surface area contributed by atoms with Crippen LogP contribution in [0.4, 0.5) is 10.5 Å². The molecule has 0 saturated carbocycles. The third-order valence-electron chi connectivity index (χ3n) is 4.23. The molecule has 128 valence electrons. The molecule has 0 unspecified atom stereocenters. The van der Waals surface area contributed by atoms with Crippen LogP contribution in [0.15, 0.2) is 54.6 Å². The van der Waals surface area contributed by atoms with Gasteiger partial charge in [-0.05, 0) is 45.8 Å². The van der Waals surface area contributed by atoms with Crippen LogP contribution in [0.25, 0.3) is 21.5 Å². The number of carbonyl (C=O) groups excluding carboxylic acids is 4. The number of benzene rings is 3. The summed E-state index contributed by atoms with van der Waals surface area (Å²) < 4.78 is 0. The zero-order valence-electron chi connectivity index (χ0n) is 13.4. The van der Waals surface area contributed by atoms with E-state index in [0.717, 1.165) is 21.5 Å². The van der Waals surface area contributed by atoms with E-state index in [2.05, 4.69) is 5.32 Å². The van der Waals surface area contributed by atoms with Crippen LogP contribution >= 0.6 is 0 Å². The number of rotatable bonds is 2. The molecule has 0 radical (unpaired) electrons. The molecule has 1 fully saturated rings. The van der Waals surface area contributed by atoms with Crippen LogP contribution in [-0.4, -0.2) is 23.8 Å². The molecular weight excluding hydrogens is 334 g/mol. The van der Waals surface area contributed by atoms with Crippen molar-refractivity contribution in [1.82, 2.24) is 10.6 Å². The summed E-state index contributed by atoms with van der Waals surface area (Å²) in [5.74, 6) is -4.29. The van der Waals surface area contributed by atoms with Gasteiger partial charge in [0.05, 0.1) is 0 Å². The Bertz CT molecular complexity index is 1090. The second-order valence-electron chi connectivity index (χ2n) is 5.99. The number of hydrogen-bond acceptors (Lipinski definition) is 4. The molecule has 1 saturated heterocycles. The van der Waals surface area contributed by atoms with Gasteiger partial charge in [-0.15, -0.1) is 0 Å². The first kappa shape index (κ1) is 15.8. The fourth-order valence-corrected chi connectivity index (χ4v) is 2.99. The standard InChI is InChI=1S/C19H13N3O4/c23-16(15-17(24)21-19(26)22-18(15)25)20-14-6-5-12-7-10-3-1-2-4-11(10)8-13(12)9-14/h1-9,15H,(H,20,23)(H2,21,22,24,25,26). The van der Waals surface area contributed by atoms with Gasteiger partial charge in [-0.25, -0.2) is 4.79 Å². The predicted octanol–water partition coefficient (Wildman–Crippen LogP) is 1.91. The summed E-state index contributed by atoms with van der Waals surface area (Å²) in [4.78, 5) is 46.9. The summed E-state index contributed by atoms with van der Waals surface area (Å²) >= 11 is 0. The minimum absolute atomic E-state index is 0.454. The van der Waals surface area contributed by atoms with Gasteiger partial charge in [0.25, 0.3) is 0 Å². The highest BCUT2D eigenvalue weighted by Crippen LogP contribution is 2.25. The van der Waals surface area contributed by atoms with E-state index in [4.69, 9.17) is 0 Å². The Morgan fingerprint density at radius 2 is 1.35 bits per heavy atom. The number of imide groups is 2. The van der Waals surface area contributed by atoms with E-state index in [-0.39, 0.29) is 0 Å². The summed E-state index contributed by atoms with van der Waals surface area (Å²) in [6.07, 6.45) is 0. The average molecular weight is 347 g/mol. The van der Waals surface area contributed by atoms with Crippen molar-refractivity contribution in [2.24, 2.45) is 5.92 Å². The van der Waals surface area contributed by atoms with Crippen molar-refractivity contribution in [3.8, 4) is 0 Å². The van der Waals surface area contributed by atoms with Gasteiger partial charge in [-0.1, -0.05) is 30.3 Å². The van der Waals surface area contributed by atoms with Crippen LogP contribution < -0.4 is 16.0 Å². The lowest BCUT2D eigenvalue weighted by atomic mass is 10.0. The largest absolute Gasteiger partial charge is 0.328 e. The van der Waals surface area contributed by atoms with Gasteiger partial charge in [0.2, 0.25) is 17.7 Å². The molecule has 1 heterocycles. The molecule has 0 bridgehead atoms. The topological polar surface area (TPSA) is 104 Å². The molecule has 7 heteroatoms. The average Bonchev–Trinajstić information content (AvgIpc) is 2.59. The van der Waals surface area contributed by atoms with Crippen LogP contribution in [0.3, 0.4) is 0 Å². The number of barbiturate groups is 1. The highest BCUT2D eigenvalue weighted by Gasteiger charge is 2.39. The van der Waals surface area contributed by atoms with E-state index in [1.165, 1.54) is 0 Å². The Hall–Kier alpha value is -3.74. The Balaban J connectivity index is 1.63. The molecule has 3 aromatic rings. The van der Waals surface area contributed by atoms with E-state index in [9.17, 15) is 19.2 Å². The van der Waals surface area contributed by atoms with Crippen molar-refractivity contribution in [3.05, 3.63) is 54.6 Å². The van der Waals surface area contributed by atoms with Gasteiger partial charge in [0.1, 0.15) is 0 Å². The van der Waals surface area contributed by atoms with Gasteiger partial charge >= 0.3 is 6.03 Å². The first-order chi connectivity index (χ1) is 12.5. The second kappa shape index (κ2) is 5.96. The molecule has 7 nitrogen and oxygen atoms in total. The molecule has 3 N–H and O–H groups in total. The van der Waals surface area contributed by atoms with E-state index in [0.29, 0.717) is 5.69 Å². The summed E-state index contributed by atoms with van der Waals surface area (Å²) in [7, 11) is 0. The van der Waals surface area contributed by atoms with Crippen molar-refractivity contribution in [3.63, 3.8) is 0 Å². The monoisotopic (exact) mass is 347 g/mol. The van der Waals surface area contributed by atoms with Crippen molar-refractivity contribution in [1.29, 1.82) is 0 Å². The highest BCUT2D eigenvalue weighted by atomic mass is 16.2. The van der Waals surface area contributed by atoms with Crippen molar-refractivity contribution in [2.75, 3.05) is 5.32 Å². The third-order valence-corrected chi connectivity index (χ3v) is 4.23. The molecular formula is C19H13N3O4. The maximum atomic E-state index is 12.3. The molecule has 1 aliphatic rings. The van der Waals surface area contributed by atoms with E-state index in [1.54, 1.807) is 12.1 Å². The fourth-order valence-electron chi connectivity index (χ4n) is 2.99. The van der Waals surface area contributed by atoms with Crippen LogP contribution in [0.1, 0.15) is 0 Å². The van der Waals surface area contributed by atoms with Crippen LogP contribution in [0.5, 0.6) is 0 Å². The quantitative estimate of drug-likeness (QED) is 0.486. The third kappa shape index (κ3) is 2.75. The first-order valence-electron chi connectivity index (χ1n) is 7.90. The van der Waals surface area contributed by atoms with Crippen LogP contribution in [-0.2, 0) is 14.4 Å². The molecule has 0 aromatic heterocycles. The first-order valence-corrected chi connectivity index (χ1v) is 7.90. The lowest BCUT2D eigenvalue weighted by molar-refractivity contribution is -0.141. The number of hydrogen-bond donors (Lipinski definition) is 3. The maximum absolute atomic E-state index is 12.3. The maximum Gasteiger partial charge on any atom is 0.328 e. The molecule has 26 heavy (non-hydrogen) atoms. The van der Waals surface area contributed by atoms with Gasteiger partial charge in [-0.2, -0.15) is 0 Å². The Morgan fingerprint density at radius 3 is 2.00 bits per heavy atom. The summed E-state index contributed by atoms with van der Waals surface area (Å²) in [5.41, 5.74) is 0.454. The van der Waals surface area contributed by atoms with E-state index < -0.39 is 29.7 Å². The predicted molar refractivity (Wildman–Crippen MR) is 95.3 cm³/mol. The smallest absolute Gasteiger partial charge is 0.325 e. The second-order valence-corrected chi connectivity index (χ2v) is 5.99. The number of urea groups is 1. The molecule has 1 aliphatic heterocycles. The number of anilines is 1. The van der Waals surface area contributed by atoms with Gasteiger partial charge < -0.3 is 5.32 Å². The lowest BCUT2D eigenvalue weighted by Gasteiger charge is -2.20. The molecule has 0 spiro atoms. The Kier molecular flexibility index (Phi) is 3.62.